The van der Waals surface area contributed by atoms with Crippen molar-refractivity contribution in [1.29, 1.82) is 0 Å². The van der Waals surface area contributed by atoms with Gasteiger partial charge in [-0.2, -0.15) is 0 Å². The number of methoxy groups -OCH3 is 3. The van der Waals surface area contributed by atoms with Crippen molar-refractivity contribution < 1.29 is 28.6 Å². The van der Waals surface area contributed by atoms with E-state index in [4.69, 9.17) is 14.2 Å². The molecular formula is C26H22O6. The summed E-state index contributed by atoms with van der Waals surface area (Å²) in [6, 6.07) is 21.3. The second kappa shape index (κ2) is 10.2. The molecule has 0 aliphatic heterocycles. The minimum atomic E-state index is -0.897. The van der Waals surface area contributed by atoms with Crippen molar-refractivity contribution in [2.24, 2.45) is 0 Å². The molecule has 0 saturated heterocycles. The van der Waals surface area contributed by atoms with Gasteiger partial charge in [-0.05, 0) is 54.1 Å². The summed E-state index contributed by atoms with van der Waals surface area (Å²) in [5.74, 6) is -0.870. The SMILES string of the molecule is COC(=O)/C(C(=O)c1ccc(OC)cc1)=C(\C(=O)c1ccc(OC)cc1)c1ccccc1. The molecule has 0 saturated carbocycles. The van der Waals surface area contributed by atoms with Crippen LogP contribution in [-0.4, -0.2) is 38.9 Å². The van der Waals surface area contributed by atoms with Gasteiger partial charge in [-0.15, -0.1) is 0 Å². The summed E-state index contributed by atoms with van der Waals surface area (Å²) in [7, 11) is 4.21. The topological polar surface area (TPSA) is 78.9 Å². The van der Waals surface area contributed by atoms with E-state index in [9.17, 15) is 14.4 Å². The molecule has 0 spiro atoms. The molecule has 0 bridgehead atoms. The molecule has 3 aromatic carbocycles. The first kappa shape index (κ1) is 22.5. The standard InChI is InChI=1S/C26H22O6/c1-30-20-13-9-18(10-14-20)24(27)22(17-7-5-4-6-8-17)23(26(29)32-3)25(28)19-11-15-21(31-2)16-12-19/h4-16H,1-3H3/b23-22-. The van der Waals surface area contributed by atoms with E-state index >= 15 is 0 Å². The van der Waals surface area contributed by atoms with E-state index < -0.39 is 17.5 Å². The zero-order chi connectivity index (χ0) is 23.1. The number of ether oxygens (including phenoxy) is 3. The Hall–Kier alpha value is -4.19. The van der Waals surface area contributed by atoms with Gasteiger partial charge in [-0.3, -0.25) is 9.59 Å². The molecule has 6 heteroatoms. The molecule has 162 valence electrons. The molecule has 0 amide bonds. The van der Waals surface area contributed by atoms with Crippen LogP contribution in [0.1, 0.15) is 26.3 Å². The molecule has 32 heavy (non-hydrogen) atoms. The predicted octanol–water partition coefficient (Wildman–Crippen LogP) is 4.40. The third-order valence-electron chi connectivity index (χ3n) is 4.86. The fourth-order valence-electron chi connectivity index (χ4n) is 3.18. The van der Waals surface area contributed by atoms with Crippen LogP contribution in [-0.2, 0) is 9.53 Å². The van der Waals surface area contributed by atoms with Gasteiger partial charge in [0.1, 0.15) is 17.1 Å². The molecule has 0 aliphatic carbocycles. The largest absolute Gasteiger partial charge is 0.497 e. The lowest BCUT2D eigenvalue weighted by Gasteiger charge is -2.14. The minimum Gasteiger partial charge on any atom is -0.497 e. The number of benzene rings is 3. The first-order valence-corrected chi connectivity index (χ1v) is 9.75. The van der Waals surface area contributed by atoms with E-state index in [-0.39, 0.29) is 16.7 Å². The van der Waals surface area contributed by atoms with Crippen LogP contribution >= 0.6 is 0 Å². The van der Waals surface area contributed by atoms with Crippen molar-refractivity contribution in [2.75, 3.05) is 21.3 Å². The first-order valence-electron chi connectivity index (χ1n) is 9.75. The van der Waals surface area contributed by atoms with Gasteiger partial charge >= 0.3 is 5.97 Å². The Bertz CT molecular complexity index is 1140. The van der Waals surface area contributed by atoms with Crippen molar-refractivity contribution >= 4 is 23.1 Å². The van der Waals surface area contributed by atoms with Gasteiger partial charge in [0, 0.05) is 16.7 Å². The van der Waals surface area contributed by atoms with Crippen molar-refractivity contribution in [3.8, 4) is 11.5 Å². The van der Waals surface area contributed by atoms with Crippen LogP contribution < -0.4 is 9.47 Å². The van der Waals surface area contributed by atoms with E-state index in [0.29, 0.717) is 22.6 Å². The number of carbonyl (C=O) groups is 3. The van der Waals surface area contributed by atoms with Crippen LogP contribution in [0.5, 0.6) is 11.5 Å². The Balaban J connectivity index is 2.23. The lowest BCUT2D eigenvalue weighted by molar-refractivity contribution is -0.135. The van der Waals surface area contributed by atoms with E-state index in [1.807, 2.05) is 0 Å². The minimum absolute atomic E-state index is 0.0385. The average Bonchev–Trinajstić information content (AvgIpc) is 2.86. The Labute approximate surface area is 186 Å². The van der Waals surface area contributed by atoms with Gasteiger partial charge in [0.2, 0.25) is 5.78 Å². The summed E-state index contributed by atoms with van der Waals surface area (Å²) < 4.78 is 15.2. The highest BCUT2D eigenvalue weighted by molar-refractivity contribution is 6.41. The number of rotatable bonds is 8. The highest BCUT2D eigenvalue weighted by Gasteiger charge is 2.30. The molecule has 0 heterocycles. The highest BCUT2D eigenvalue weighted by atomic mass is 16.5. The molecule has 0 aromatic heterocycles. The van der Waals surface area contributed by atoms with Gasteiger partial charge in [0.05, 0.1) is 21.3 Å². The second-order valence-corrected chi connectivity index (χ2v) is 6.72. The summed E-state index contributed by atoms with van der Waals surface area (Å²) in [5.41, 5.74) is 0.569. The smallest absolute Gasteiger partial charge is 0.342 e. The van der Waals surface area contributed by atoms with E-state index in [2.05, 4.69) is 0 Å². The monoisotopic (exact) mass is 430 g/mol. The lowest BCUT2D eigenvalue weighted by atomic mass is 9.88. The lowest BCUT2D eigenvalue weighted by Crippen LogP contribution is -2.20. The molecular weight excluding hydrogens is 408 g/mol. The molecule has 0 aliphatic rings. The molecule has 3 rings (SSSR count). The molecule has 0 atom stereocenters. The van der Waals surface area contributed by atoms with Crippen molar-refractivity contribution in [1.82, 2.24) is 0 Å². The van der Waals surface area contributed by atoms with Crippen molar-refractivity contribution in [2.45, 2.75) is 0 Å². The quantitative estimate of drug-likeness (QED) is 0.173. The summed E-state index contributed by atoms with van der Waals surface area (Å²) in [6.07, 6.45) is 0. The Morgan fingerprint density at radius 2 is 1.03 bits per heavy atom. The Morgan fingerprint density at radius 1 is 0.562 bits per heavy atom. The third kappa shape index (κ3) is 4.75. The van der Waals surface area contributed by atoms with Crippen LogP contribution in [0, 0.1) is 0 Å². The molecule has 0 radical (unpaired) electrons. The normalized spacial score (nSPS) is 11.2. The summed E-state index contributed by atoms with van der Waals surface area (Å²) in [6.45, 7) is 0. The molecule has 6 nitrogen and oxygen atoms in total. The van der Waals surface area contributed by atoms with E-state index in [1.54, 1.807) is 66.7 Å². The Kier molecular flexibility index (Phi) is 7.18. The average molecular weight is 430 g/mol. The zero-order valence-corrected chi connectivity index (χ0v) is 18.0. The van der Waals surface area contributed by atoms with E-state index in [1.165, 1.54) is 33.5 Å². The maximum Gasteiger partial charge on any atom is 0.342 e. The van der Waals surface area contributed by atoms with Gasteiger partial charge in [-0.1, -0.05) is 30.3 Å². The molecule has 0 N–H and O–H groups in total. The fraction of sp³-hybridized carbons (Fsp3) is 0.115. The molecule has 0 unspecified atom stereocenters. The number of esters is 1. The van der Waals surface area contributed by atoms with Crippen LogP contribution in [0.3, 0.4) is 0 Å². The van der Waals surface area contributed by atoms with Crippen molar-refractivity contribution in [3.63, 3.8) is 0 Å². The van der Waals surface area contributed by atoms with Crippen LogP contribution in [0.4, 0.5) is 0 Å². The first-order chi connectivity index (χ1) is 15.5. The van der Waals surface area contributed by atoms with Crippen LogP contribution in [0.2, 0.25) is 0 Å². The number of hydrogen-bond donors (Lipinski definition) is 0. The summed E-state index contributed by atoms with van der Waals surface area (Å²) in [5, 5.41) is 0. The Morgan fingerprint density at radius 3 is 1.47 bits per heavy atom. The second-order valence-electron chi connectivity index (χ2n) is 6.72. The third-order valence-corrected chi connectivity index (χ3v) is 4.86. The maximum absolute atomic E-state index is 13.6. The van der Waals surface area contributed by atoms with Gasteiger partial charge in [0.25, 0.3) is 0 Å². The number of carbonyl (C=O) groups excluding carboxylic acids is 3. The van der Waals surface area contributed by atoms with Gasteiger partial charge < -0.3 is 14.2 Å². The van der Waals surface area contributed by atoms with Crippen LogP contribution in [0.25, 0.3) is 5.57 Å². The van der Waals surface area contributed by atoms with Crippen molar-refractivity contribution in [3.05, 3.63) is 101 Å². The highest BCUT2D eigenvalue weighted by Crippen LogP contribution is 2.28. The van der Waals surface area contributed by atoms with Crippen LogP contribution in [0.15, 0.2) is 84.4 Å². The molecule has 3 aromatic rings. The number of allylic oxidation sites excluding steroid dienone is 1. The summed E-state index contributed by atoms with van der Waals surface area (Å²) >= 11 is 0. The predicted molar refractivity (Wildman–Crippen MR) is 120 cm³/mol. The number of hydrogen-bond acceptors (Lipinski definition) is 6. The number of ketones is 2. The fourth-order valence-corrected chi connectivity index (χ4v) is 3.18. The summed E-state index contributed by atoms with van der Waals surface area (Å²) in [4.78, 5) is 39.8. The maximum atomic E-state index is 13.6. The molecule has 0 fully saturated rings. The zero-order valence-electron chi connectivity index (χ0n) is 18.0. The van der Waals surface area contributed by atoms with Gasteiger partial charge in [-0.25, -0.2) is 4.79 Å². The van der Waals surface area contributed by atoms with E-state index in [0.717, 1.165) is 0 Å². The number of Topliss-reactive ketones (excluding diaryl/α,β-unsaturated/α-hetero) is 2. The van der Waals surface area contributed by atoms with Gasteiger partial charge in [0.15, 0.2) is 5.78 Å².